The first-order valence-corrected chi connectivity index (χ1v) is 5.77. The van der Waals surface area contributed by atoms with E-state index in [1.807, 2.05) is 6.92 Å². The number of hydrogen-bond donors (Lipinski definition) is 0. The third kappa shape index (κ3) is 3.76. The third-order valence-electron chi connectivity index (χ3n) is 1.44. The van der Waals surface area contributed by atoms with Gasteiger partial charge in [0.15, 0.2) is 5.78 Å². The highest BCUT2D eigenvalue weighted by atomic mass is 28.3. The van der Waals surface area contributed by atoms with Gasteiger partial charge in [0.05, 0.1) is 0 Å². The summed E-state index contributed by atoms with van der Waals surface area (Å²) in [5, 5.41) is 0. The van der Waals surface area contributed by atoms with Gasteiger partial charge >= 0.3 is 0 Å². The van der Waals surface area contributed by atoms with Gasteiger partial charge < -0.3 is 4.12 Å². The molecule has 1 atom stereocenters. The van der Waals surface area contributed by atoms with E-state index in [1.54, 1.807) is 0 Å². The van der Waals surface area contributed by atoms with E-state index in [4.69, 9.17) is 4.12 Å². The van der Waals surface area contributed by atoms with Crippen molar-refractivity contribution in [3.8, 4) is 0 Å². The largest absolute Gasteiger partial charge is 0.468 e. The second kappa shape index (κ2) is 5.58. The van der Waals surface area contributed by atoms with Gasteiger partial charge in [-0.05, 0) is 12.1 Å². The average Bonchev–Trinajstić information content (AvgIpc) is 1.98. The summed E-state index contributed by atoms with van der Waals surface area (Å²) in [6.45, 7) is 5.35. The summed E-state index contributed by atoms with van der Waals surface area (Å²) >= 11 is 0. The predicted octanol–water partition coefficient (Wildman–Crippen LogP) is -0.823. The molecular formula is C6H14O2Si2. The molecule has 0 aliphatic rings. The number of rotatable bonds is 5. The van der Waals surface area contributed by atoms with Crippen LogP contribution in [0.2, 0.25) is 6.04 Å². The maximum atomic E-state index is 10.9. The number of carbonyl (C=O) groups is 1. The van der Waals surface area contributed by atoms with E-state index in [2.05, 4.69) is 6.58 Å². The fourth-order valence-electron chi connectivity index (χ4n) is 0.638. The number of ketones is 1. The van der Waals surface area contributed by atoms with Gasteiger partial charge in [0.1, 0.15) is 20.2 Å². The molecule has 0 aromatic heterocycles. The Bertz CT molecular complexity index is 125. The SMILES string of the molecule is C=CC(=O)C(C)C[SiH2]O[SiH3]. The van der Waals surface area contributed by atoms with Crippen molar-refractivity contribution >= 4 is 26.0 Å². The topological polar surface area (TPSA) is 26.3 Å². The van der Waals surface area contributed by atoms with E-state index < -0.39 is 0 Å². The zero-order valence-electron chi connectivity index (χ0n) is 6.59. The lowest BCUT2D eigenvalue weighted by molar-refractivity contribution is -0.117. The zero-order chi connectivity index (χ0) is 7.98. The molecule has 0 aliphatic carbocycles. The van der Waals surface area contributed by atoms with Crippen molar-refractivity contribution in [2.45, 2.75) is 13.0 Å². The van der Waals surface area contributed by atoms with Crippen LogP contribution in [-0.4, -0.2) is 26.0 Å². The van der Waals surface area contributed by atoms with Crippen molar-refractivity contribution in [1.29, 1.82) is 0 Å². The molecule has 0 N–H and O–H groups in total. The quantitative estimate of drug-likeness (QED) is 0.402. The monoisotopic (exact) mass is 174 g/mol. The number of hydrogen-bond acceptors (Lipinski definition) is 2. The highest BCUT2D eigenvalue weighted by molar-refractivity contribution is 6.34. The Hall–Kier alpha value is -0.196. The van der Waals surface area contributed by atoms with Gasteiger partial charge in [-0.15, -0.1) is 0 Å². The summed E-state index contributed by atoms with van der Waals surface area (Å²) in [6.07, 6.45) is 1.39. The molecular weight excluding hydrogens is 160 g/mol. The second-order valence-corrected chi connectivity index (χ2v) is 5.58. The van der Waals surface area contributed by atoms with Crippen LogP contribution in [-0.2, 0) is 8.91 Å². The van der Waals surface area contributed by atoms with Gasteiger partial charge in [0.25, 0.3) is 0 Å². The first kappa shape index (κ1) is 9.80. The van der Waals surface area contributed by atoms with Crippen molar-refractivity contribution in [2.75, 3.05) is 0 Å². The summed E-state index contributed by atoms with van der Waals surface area (Å²) in [5.41, 5.74) is 0. The standard InChI is InChI=1S/C6H14O2Si2/c1-3-6(7)5(2)4-10-8-9/h3,5H,1,4,10H2,2,9H3. The van der Waals surface area contributed by atoms with Gasteiger partial charge in [-0.25, -0.2) is 0 Å². The van der Waals surface area contributed by atoms with Crippen LogP contribution in [0, 0.1) is 5.92 Å². The first-order valence-electron chi connectivity index (χ1n) is 3.37. The van der Waals surface area contributed by atoms with Gasteiger partial charge in [-0.2, -0.15) is 0 Å². The van der Waals surface area contributed by atoms with E-state index in [-0.39, 0.29) is 21.5 Å². The van der Waals surface area contributed by atoms with Crippen LogP contribution in [0.3, 0.4) is 0 Å². The minimum Gasteiger partial charge on any atom is -0.468 e. The molecule has 0 aromatic carbocycles. The molecule has 0 fully saturated rings. The summed E-state index contributed by atoms with van der Waals surface area (Å²) in [6, 6.07) is 0.953. The Labute approximate surface area is 67.1 Å². The van der Waals surface area contributed by atoms with Crippen molar-refractivity contribution in [1.82, 2.24) is 0 Å². The van der Waals surface area contributed by atoms with E-state index in [1.165, 1.54) is 6.08 Å². The minimum atomic E-state index is -0.385. The van der Waals surface area contributed by atoms with E-state index in [9.17, 15) is 4.79 Å². The summed E-state index contributed by atoms with van der Waals surface area (Å²) in [7, 11) is 0.432. The van der Waals surface area contributed by atoms with Crippen LogP contribution < -0.4 is 0 Å². The Kier molecular flexibility index (Phi) is 5.47. The average molecular weight is 174 g/mol. The normalized spacial score (nSPS) is 14.1. The van der Waals surface area contributed by atoms with Gasteiger partial charge in [-0.3, -0.25) is 4.79 Å². The maximum Gasteiger partial charge on any atom is 0.157 e. The molecule has 0 heterocycles. The van der Waals surface area contributed by atoms with Crippen LogP contribution in [0.15, 0.2) is 12.7 Å². The third-order valence-corrected chi connectivity index (χ3v) is 4.18. The predicted molar refractivity (Wildman–Crippen MR) is 48.7 cm³/mol. The molecule has 4 heteroatoms. The smallest absolute Gasteiger partial charge is 0.157 e. The molecule has 58 valence electrons. The fourth-order valence-corrected chi connectivity index (χ4v) is 2.22. The highest BCUT2D eigenvalue weighted by Gasteiger charge is 2.07. The molecule has 0 amide bonds. The molecule has 0 rings (SSSR count). The van der Waals surface area contributed by atoms with E-state index in [0.29, 0.717) is 0 Å². The van der Waals surface area contributed by atoms with Crippen molar-refractivity contribution in [3.63, 3.8) is 0 Å². The van der Waals surface area contributed by atoms with Crippen LogP contribution in [0.1, 0.15) is 6.92 Å². The minimum absolute atomic E-state index is 0.137. The van der Waals surface area contributed by atoms with Crippen LogP contribution in [0.5, 0.6) is 0 Å². The van der Waals surface area contributed by atoms with E-state index >= 15 is 0 Å². The summed E-state index contributed by atoms with van der Waals surface area (Å²) in [4.78, 5) is 10.9. The zero-order valence-corrected chi connectivity index (χ0v) is 10.0. The van der Waals surface area contributed by atoms with E-state index in [0.717, 1.165) is 16.5 Å². The summed E-state index contributed by atoms with van der Waals surface area (Å²) < 4.78 is 5.10. The molecule has 2 nitrogen and oxygen atoms in total. The fraction of sp³-hybridized carbons (Fsp3) is 0.500. The van der Waals surface area contributed by atoms with Crippen LogP contribution in [0.4, 0.5) is 0 Å². The molecule has 0 spiro atoms. The van der Waals surface area contributed by atoms with Crippen molar-refractivity contribution in [2.24, 2.45) is 5.92 Å². The molecule has 0 bridgehead atoms. The van der Waals surface area contributed by atoms with Crippen molar-refractivity contribution < 1.29 is 8.91 Å². The van der Waals surface area contributed by atoms with Crippen LogP contribution in [0.25, 0.3) is 0 Å². The molecule has 1 unspecified atom stereocenters. The molecule has 10 heavy (non-hydrogen) atoms. The molecule has 0 radical (unpaired) electrons. The van der Waals surface area contributed by atoms with Gasteiger partial charge in [0.2, 0.25) is 0 Å². The number of carbonyl (C=O) groups excluding carboxylic acids is 1. The van der Waals surface area contributed by atoms with Crippen molar-refractivity contribution in [3.05, 3.63) is 12.7 Å². The molecule has 0 saturated heterocycles. The van der Waals surface area contributed by atoms with Crippen LogP contribution >= 0.6 is 0 Å². The van der Waals surface area contributed by atoms with Gasteiger partial charge in [-0.1, -0.05) is 13.5 Å². The lowest BCUT2D eigenvalue weighted by atomic mass is 10.1. The Balaban J connectivity index is 3.51. The molecule has 0 aliphatic heterocycles. The first-order chi connectivity index (χ1) is 4.72. The molecule has 0 saturated carbocycles. The maximum absolute atomic E-state index is 10.9. The Morgan fingerprint density at radius 3 is 3.00 bits per heavy atom. The second-order valence-electron chi connectivity index (χ2n) is 2.29. The van der Waals surface area contributed by atoms with Gasteiger partial charge in [0, 0.05) is 5.92 Å². The molecule has 0 aromatic rings. The highest BCUT2D eigenvalue weighted by Crippen LogP contribution is 2.03. The Morgan fingerprint density at radius 1 is 2.00 bits per heavy atom. The lowest BCUT2D eigenvalue weighted by Crippen LogP contribution is -2.10. The lowest BCUT2D eigenvalue weighted by Gasteiger charge is -2.04. The number of allylic oxidation sites excluding steroid dienone is 1. The summed E-state index contributed by atoms with van der Waals surface area (Å²) in [5.74, 6) is 0.282. The Morgan fingerprint density at radius 2 is 2.60 bits per heavy atom.